The molecule has 0 radical (unpaired) electrons. The van der Waals surface area contributed by atoms with Crippen molar-refractivity contribution in [2.45, 2.75) is 32.7 Å². The van der Waals surface area contributed by atoms with Crippen LogP contribution < -0.4 is 5.32 Å². The molecule has 2 aromatic heterocycles. The number of hydrogen-bond donors (Lipinski definition) is 2. The Morgan fingerprint density at radius 2 is 2.14 bits per heavy atom. The Labute approximate surface area is 137 Å². The van der Waals surface area contributed by atoms with Crippen molar-refractivity contribution in [3.63, 3.8) is 0 Å². The highest BCUT2D eigenvalue weighted by molar-refractivity contribution is 7.20. The molecular formula is C15H18N2O3S2. The van der Waals surface area contributed by atoms with Crippen LogP contribution in [0.3, 0.4) is 0 Å². The molecular weight excluding hydrogens is 320 g/mol. The molecule has 0 saturated carbocycles. The Kier molecular flexibility index (Phi) is 5.68. The normalized spacial score (nSPS) is 12.3. The van der Waals surface area contributed by atoms with Crippen LogP contribution >= 0.6 is 22.7 Å². The summed E-state index contributed by atoms with van der Waals surface area (Å²) in [4.78, 5) is 28.6. The first-order chi connectivity index (χ1) is 10.5. The number of nitrogens with one attached hydrogen (secondary N) is 1. The molecule has 0 fully saturated rings. The minimum Gasteiger partial charge on any atom is -0.480 e. The largest absolute Gasteiger partial charge is 0.480 e. The summed E-state index contributed by atoms with van der Waals surface area (Å²) in [6, 6.07) is 3.09. The SMILES string of the molecule is CC(C)C[C@H](NC(=O)Cc1csc(-c2cccs2)n1)C(=O)O. The molecule has 0 aromatic carbocycles. The van der Waals surface area contributed by atoms with Crippen LogP contribution in [0.4, 0.5) is 0 Å². The molecule has 118 valence electrons. The fourth-order valence-corrected chi connectivity index (χ4v) is 3.64. The van der Waals surface area contributed by atoms with Gasteiger partial charge in [-0.1, -0.05) is 19.9 Å². The van der Waals surface area contributed by atoms with Crippen LogP contribution in [-0.4, -0.2) is 28.0 Å². The van der Waals surface area contributed by atoms with E-state index in [9.17, 15) is 9.59 Å². The molecule has 0 aliphatic rings. The van der Waals surface area contributed by atoms with Crippen LogP contribution in [0.25, 0.3) is 9.88 Å². The summed E-state index contributed by atoms with van der Waals surface area (Å²) in [6.07, 6.45) is 0.516. The van der Waals surface area contributed by atoms with E-state index in [4.69, 9.17) is 5.11 Å². The molecule has 2 heterocycles. The van der Waals surface area contributed by atoms with Crippen LogP contribution in [0.2, 0.25) is 0 Å². The third kappa shape index (κ3) is 4.64. The van der Waals surface area contributed by atoms with Crippen molar-refractivity contribution in [1.29, 1.82) is 0 Å². The van der Waals surface area contributed by atoms with Gasteiger partial charge in [-0.3, -0.25) is 4.79 Å². The summed E-state index contributed by atoms with van der Waals surface area (Å²) in [5.41, 5.74) is 0.666. The van der Waals surface area contributed by atoms with Crippen molar-refractivity contribution in [2.24, 2.45) is 5.92 Å². The Bertz CT molecular complexity index is 635. The van der Waals surface area contributed by atoms with Crippen LogP contribution in [0.5, 0.6) is 0 Å². The number of hydrogen-bond acceptors (Lipinski definition) is 5. The second kappa shape index (κ2) is 7.51. The highest BCUT2D eigenvalue weighted by atomic mass is 32.1. The number of carbonyl (C=O) groups is 2. The Morgan fingerprint density at radius 3 is 2.73 bits per heavy atom. The molecule has 0 aliphatic carbocycles. The third-order valence-electron chi connectivity index (χ3n) is 2.97. The van der Waals surface area contributed by atoms with Gasteiger partial charge in [0.2, 0.25) is 5.91 Å². The van der Waals surface area contributed by atoms with E-state index in [2.05, 4.69) is 10.3 Å². The van der Waals surface area contributed by atoms with Crippen LogP contribution in [0, 0.1) is 5.92 Å². The van der Waals surface area contributed by atoms with Crippen molar-refractivity contribution in [3.05, 3.63) is 28.6 Å². The molecule has 0 spiro atoms. The van der Waals surface area contributed by atoms with E-state index in [1.54, 1.807) is 11.3 Å². The molecule has 2 N–H and O–H groups in total. The van der Waals surface area contributed by atoms with Crippen molar-refractivity contribution < 1.29 is 14.7 Å². The van der Waals surface area contributed by atoms with Gasteiger partial charge in [0, 0.05) is 5.38 Å². The average Bonchev–Trinajstić information content (AvgIpc) is 3.07. The summed E-state index contributed by atoms with van der Waals surface area (Å²) >= 11 is 3.09. The van der Waals surface area contributed by atoms with Gasteiger partial charge in [-0.05, 0) is 23.8 Å². The van der Waals surface area contributed by atoms with E-state index in [1.807, 2.05) is 36.7 Å². The second-order valence-electron chi connectivity index (χ2n) is 5.39. The van der Waals surface area contributed by atoms with E-state index in [0.29, 0.717) is 12.1 Å². The van der Waals surface area contributed by atoms with Crippen LogP contribution in [0.15, 0.2) is 22.9 Å². The molecule has 2 rings (SSSR count). The second-order valence-corrected chi connectivity index (χ2v) is 7.19. The number of aromatic nitrogens is 1. The van der Waals surface area contributed by atoms with Crippen molar-refractivity contribution >= 4 is 34.6 Å². The Balaban J connectivity index is 1.95. The molecule has 7 heteroatoms. The lowest BCUT2D eigenvalue weighted by Gasteiger charge is -2.16. The molecule has 22 heavy (non-hydrogen) atoms. The van der Waals surface area contributed by atoms with Crippen LogP contribution in [0.1, 0.15) is 26.0 Å². The lowest BCUT2D eigenvalue weighted by atomic mass is 10.0. The standard InChI is InChI=1S/C15H18N2O3S2/c1-9(2)6-11(15(19)20)17-13(18)7-10-8-22-14(16-10)12-4-3-5-21-12/h3-5,8-9,11H,6-7H2,1-2H3,(H,17,18)(H,19,20)/t11-/m0/s1. The number of nitrogens with zero attached hydrogens (tertiary/aromatic N) is 1. The maximum atomic E-state index is 12.0. The minimum absolute atomic E-state index is 0.101. The summed E-state index contributed by atoms with van der Waals surface area (Å²) in [5, 5.41) is 16.4. The summed E-state index contributed by atoms with van der Waals surface area (Å²) in [7, 11) is 0. The van der Waals surface area contributed by atoms with Gasteiger partial charge in [-0.2, -0.15) is 0 Å². The van der Waals surface area contributed by atoms with Crippen molar-refractivity contribution in [1.82, 2.24) is 10.3 Å². The van der Waals surface area contributed by atoms with E-state index < -0.39 is 12.0 Å². The highest BCUT2D eigenvalue weighted by Crippen LogP contribution is 2.27. The maximum absolute atomic E-state index is 12.0. The molecule has 2 aromatic rings. The first kappa shape index (κ1) is 16.6. The quantitative estimate of drug-likeness (QED) is 0.813. The predicted molar refractivity (Wildman–Crippen MR) is 88.2 cm³/mol. The van der Waals surface area contributed by atoms with E-state index in [0.717, 1.165) is 9.88 Å². The highest BCUT2D eigenvalue weighted by Gasteiger charge is 2.21. The zero-order valence-corrected chi connectivity index (χ0v) is 14.0. The van der Waals surface area contributed by atoms with Gasteiger partial charge in [-0.15, -0.1) is 22.7 Å². The van der Waals surface area contributed by atoms with E-state index in [1.165, 1.54) is 11.3 Å². The number of carboxylic acid groups (broad SMARTS) is 1. The van der Waals surface area contributed by atoms with Crippen LogP contribution in [-0.2, 0) is 16.0 Å². The third-order valence-corrected chi connectivity index (χ3v) is 4.90. The number of carboxylic acids is 1. The van der Waals surface area contributed by atoms with Gasteiger partial charge in [-0.25, -0.2) is 9.78 Å². The first-order valence-corrected chi connectivity index (χ1v) is 8.72. The lowest BCUT2D eigenvalue weighted by molar-refractivity contribution is -0.142. The zero-order valence-electron chi connectivity index (χ0n) is 12.4. The number of rotatable bonds is 7. The van der Waals surface area contributed by atoms with Gasteiger partial charge < -0.3 is 10.4 Å². The van der Waals surface area contributed by atoms with Crippen molar-refractivity contribution in [3.8, 4) is 9.88 Å². The summed E-state index contributed by atoms with van der Waals surface area (Å²) < 4.78 is 0. The van der Waals surface area contributed by atoms with E-state index >= 15 is 0 Å². The first-order valence-electron chi connectivity index (χ1n) is 6.96. The molecule has 0 unspecified atom stereocenters. The molecule has 5 nitrogen and oxygen atoms in total. The Morgan fingerprint density at radius 1 is 1.36 bits per heavy atom. The number of thiophene rings is 1. The lowest BCUT2D eigenvalue weighted by Crippen LogP contribution is -2.42. The monoisotopic (exact) mass is 338 g/mol. The van der Waals surface area contributed by atoms with Gasteiger partial charge in [0.15, 0.2) is 0 Å². The number of aliphatic carboxylic acids is 1. The molecule has 1 amide bonds. The fraction of sp³-hybridized carbons (Fsp3) is 0.400. The smallest absolute Gasteiger partial charge is 0.326 e. The summed E-state index contributed by atoms with van der Waals surface area (Å²) in [6.45, 7) is 3.85. The van der Waals surface area contributed by atoms with Gasteiger partial charge in [0.05, 0.1) is 17.0 Å². The molecule has 0 bridgehead atoms. The predicted octanol–water partition coefficient (Wildman–Crippen LogP) is 3.03. The number of carbonyl (C=O) groups excluding carboxylic acids is 1. The van der Waals surface area contributed by atoms with Gasteiger partial charge >= 0.3 is 5.97 Å². The molecule has 0 aliphatic heterocycles. The minimum atomic E-state index is -1.00. The molecule has 0 saturated heterocycles. The van der Waals surface area contributed by atoms with E-state index in [-0.39, 0.29) is 18.2 Å². The number of amides is 1. The van der Waals surface area contributed by atoms with Gasteiger partial charge in [0.25, 0.3) is 0 Å². The number of thiazole rings is 1. The fourth-order valence-electron chi connectivity index (χ4n) is 2.00. The molecule has 1 atom stereocenters. The Hall–Kier alpha value is -1.73. The zero-order chi connectivity index (χ0) is 16.1. The topological polar surface area (TPSA) is 79.3 Å². The average molecular weight is 338 g/mol. The van der Waals surface area contributed by atoms with Crippen molar-refractivity contribution in [2.75, 3.05) is 0 Å². The maximum Gasteiger partial charge on any atom is 0.326 e. The van der Waals surface area contributed by atoms with Gasteiger partial charge in [0.1, 0.15) is 11.0 Å². The summed E-state index contributed by atoms with van der Waals surface area (Å²) in [5.74, 6) is -1.11.